The molecule has 1 aromatic carbocycles. The first kappa shape index (κ1) is 13.5. The van der Waals surface area contributed by atoms with Gasteiger partial charge in [-0.25, -0.2) is 0 Å². The Bertz CT molecular complexity index is 425. The number of carbonyl (C=O) groups is 1. The lowest BCUT2D eigenvalue weighted by Gasteiger charge is -2.34. The van der Waals surface area contributed by atoms with Gasteiger partial charge in [-0.3, -0.25) is 9.69 Å². The van der Waals surface area contributed by atoms with E-state index in [9.17, 15) is 4.79 Å². The highest BCUT2D eigenvalue weighted by molar-refractivity contribution is 9.10. The third-order valence-corrected chi connectivity index (χ3v) is 3.56. The molecule has 0 aliphatic carbocycles. The van der Waals surface area contributed by atoms with E-state index in [4.69, 9.17) is 4.74 Å². The van der Waals surface area contributed by atoms with E-state index in [0.717, 1.165) is 17.6 Å². The lowest BCUT2D eigenvalue weighted by Crippen LogP contribution is -2.52. The van der Waals surface area contributed by atoms with E-state index < -0.39 is 0 Å². The lowest BCUT2D eigenvalue weighted by molar-refractivity contribution is -0.132. The Hall–Kier alpha value is -0.910. The van der Waals surface area contributed by atoms with Crippen LogP contribution in [0.4, 0.5) is 0 Å². The molecule has 1 aliphatic rings. The highest BCUT2D eigenvalue weighted by atomic mass is 79.9. The van der Waals surface area contributed by atoms with Crippen molar-refractivity contribution in [1.82, 2.24) is 10.2 Å². The number of hydrogen-bond acceptors (Lipinski definition) is 3. The van der Waals surface area contributed by atoms with Gasteiger partial charge >= 0.3 is 0 Å². The van der Waals surface area contributed by atoms with E-state index in [1.54, 1.807) is 7.05 Å². The van der Waals surface area contributed by atoms with Crippen molar-refractivity contribution in [2.75, 3.05) is 26.8 Å². The van der Waals surface area contributed by atoms with Gasteiger partial charge in [-0.1, -0.05) is 28.1 Å². The fraction of sp³-hybridized carbons (Fsp3) is 0.462. The van der Waals surface area contributed by atoms with Crippen molar-refractivity contribution in [3.05, 3.63) is 34.3 Å². The molecule has 0 aromatic heterocycles. The summed E-state index contributed by atoms with van der Waals surface area (Å²) in [6.07, 6.45) is 0. The molecule has 18 heavy (non-hydrogen) atoms. The van der Waals surface area contributed by atoms with E-state index in [0.29, 0.717) is 13.2 Å². The number of hydrogen-bond donors (Lipinski definition) is 1. The average Bonchev–Trinajstić information content (AvgIpc) is 2.38. The Morgan fingerprint density at radius 3 is 3.17 bits per heavy atom. The van der Waals surface area contributed by atoms with Crippen LogP contribution in [0.1, 0.15) is 5.56 Å². The van der Waals surface area contributed by atoms with Crippen LogP contribution in [0.5, 0.6) is 0 Å². The van der Waals surface area contributed by atoms with E-state index in [-0.39, 0.29) is 11.9 Å². The predicted octanol–water partition coefficient (Wildman–Crippen LogP) is 1.40. The van der Waals surface area contributed by atoms with Crippen LogP contribution in [-0.4, -0.2) is 43.7 Å². The highest BCUT2D eigenvalue weighted by Gasteiger charge is 2.28. The van der Waals surface area contributed by atoms with E-state index in [1.165, 1.54) is 5.56 Å². The van der Waals surface area contributed by atoms with Crippen LogP contribution >= 0.6 is 15.9 Å². The SMILES string of the molecule is CNC(=O)C1COCCN1Cc1cccc(Br)c1. The fourth-order valence-corrected chi connectivity index (χ4v) is 2.55. The van der Waals surface area contributed by atoms with Gasteiger partial charge in [0.2, 0.25) is 5.91 Å². The zero-order valence-electron chi connectivity index (χ0n) is 10.4. The van der Waals surface area contributed by atoms with Crippen molar-refractivity contribution in [2.24, 2.45) is 0 Å². The number of nitrogens with zero attached hydrogens (tertiary/aromatic N) is 1. The van der Waals surface area contributed by atoms with E-state index >= 15 is 0 Å². The molecule has 2 rings (SSSR count). The molecule has 0 bridgehead atoms. The molecule has 1 aliphatic heterocycles. The third kappa shape index (κ3) is 3.31. The van der Waals surface area contributed by atoms with Crippen LogP contribution < -0.4 is 5.32 Å². The summed E-state index contributed by atoms with van der Waals surface area (Å²) in [5.74, 6) is 0.0182. The molecule has 1 N–H and O–H groups in total. The first-order chi connectivity index (χ1) is 8.70. The second-order valence-corrected chi connectivity index (χ2v) is 5.22. The van der Waals surface area contributed by atoms with Crippen LogP contribution in [0.15, 0.2) is 28.7 Å². The molecule has 98 valence electrons. The summed E-state index contributed by atoms with van der Waals surface area (Å²) in [7, 11) is 1.66. The Labute approximate surface area is 115 Å². The van der Waals surface area contributed by atoms with Crippen LogP contribution in [0.3, 0.4) is 0 Å². The van der Waals surface area contributed by atoms with Gasteiger partial charge in [0.15, 0.2) is 0 Å². The van der Waals surface area contributed by atoms with Gasteiger partial charge in [-0.05, 0) is 17.7 Å². The Balaban J connectivity index is 2.07. The largest absolute Gasteiger partial charge is 0.378 e. The number of likely N-dealkylation sites (N-methyl/N-ethyl adjacent to an activating group) is 1. The summed E-state index contributed by atoms with van der Waals surface area (Å²) in [6.45, 7) is 2.70. The van der Waals surface area contributed by atoms with Gasteiger partial charge in [0.05, 0.1) is 13.2 Å². The van der Waals surface area contributed by atoms with Gasteiger partial charge in [-0.2, -0.15) is 0 Å². The number of ether oxygens (including phenoxy) is 1. The topological polar surface area (TPSA) is 41.6 Å². The van der Waals surface area contributed by atoms with Crippen LogP contribution in [0.2, 0.25) is 0 Å². The first-order valence-corrected chi connectivity index (χ1v) is 6.78. The number of nitrogens with one attached hydrogen (secondary N) is 1. The molecule has 1 heterocycles. The van der Waals surface area contributed by atoms with Crippen molar-refractivity contribution in [1.29, 1.82) is 0 Å². The van der Waals surface area contributed by atoms with Crippen molar-refractivity contribution in [2.45, 2.75) is 12.6 Å². The standard InChI is InChI=1S/C13H17BrN2O2/c1-15-13(17)12-9-18-6-5-16(12)8-10-3-2-4-11(14)7-10/h2-4,7,12H,5-6,8-9H2,1H3,(H,15,17). The smallest absolute Gasteiger partial charge is 0.239 e. The quantitative estimate of drug-likeness (QED) is 0.917. The third-order valence-electron chi connectivity index (χ3n) is 3.06. The molecule has 1 unspecified atom stereocenters. The number of rotatable bonds is 3. The molecule has 1 amide bonds. The average molecular weight is 313 g/mol. The van der Waals surface area contributed by atoms with Crippen molar-refractivity contribution < 1.29 is 9.53 Å². The number of benzene rings is 1. The molecule has 1 atom stereocenters. The summed E-state index contributed by atoms with van der Waals surface area (Å²) in [5.41, 5.74) is 1.19. The molecule has 4 nitrogen and oxygen atoms in total. The maximum Gasteiger partial charge on any atom is 0.239 e. The molecular weight excluding hydrogens is 296 g/mol. The van der Waals surface area contributed by atoms with Crippen molar-refractivity contribution >= 4 is 21.8 Å². The van der Waals surface area contributed by atoms with Gasteiger partial charge < -0.3 is 10.1 Å². The fourth-order valence-electron chi connectivity index (χ4n) is 2.11. The molecule has 0 radical (unpaired) electrons. The monoisotopic (exact) mass is 312 g/mol. The maximum absolute atomic E-state index is 11.8. The number of morpholine rings is 1. The lowest BCUT2D eigenvalue weighted by atomic mass is 10.1. The summed E-state index contributed by atoms with van der Waals surface area (Å²) in [6, 6.07) is 7.97. The number of carbonyl (C=O) groups excluding carboxylic acids is 1. The predicted molar refractivity (Wildman–Crippen MR) is 73.2 cm³/mol. The number of halogens is 1. The van der Waals surface area contributed by atoms with Gasteiger partial charge in [0.1, 0.15) is 6.04 Å². The molecule has 1 saturated heterocycles. The Morgan fingerprint density at radius 2 is 2.44 bits per heavy atom. The molecule has 0 spiro atoms. The highest BCUT2D eigenvalue weighted by Crippen LogP contribution is 2.16. The molecule has 1 aromatic rings. The van der Waals surface area contributed by atoms with Crippen molar-refractivity contribution in [3.63, 3.8) is 0 Å². The number of amides is 1. The molecular formula is C13H17BrN2O2. The summed E-state index contributed by atoms with van der Waals surface area (Å²) < 4.78 is 6.44. The van der Waals surface area contributed by atoms with Gasteiger partial charge in [0, 0.05) is 24.6 Å². The zero-order chi connectivity index (χ0) is 13.0. The van der Waals surface area contributed by atoms with Gasteiger partial charge in [-0.15, -0.1) is 0 Å². The first-order valence-electron chi connectivity index (χ1n) is 5.98. The molecule has 0 saturated carbocycles. The summed E-state index contributed by atoms with van der Waals surface area (Å²) in [4.78, 5) is 13.9. The van der Waals surface area contributed by atoms with Gasteiger partial charge in [0.25, 0.3) is 0 Å². The normalized spacial score (nSPS) is 20.7. The minimum Gasteiger partial charge on any atom is -0.378 e. The minimum absolute atomic E-state index is 0.0182. The second-order valence-electron chi connectivity index (χ2n) is 4.31. The van der Waals surface area contributed by atoms with Crippen LogP contribution in [0, 0.1) is 0 Å². The second kappa shape index (κ2) is 6.31. The van der Waals surface area contributed by atoms with Crippen molar-refractivity contribution in [3.8, 4) is 0 Å². The molecule has 1 fully saturated rings. The van der Waals surface area contributed by atoms with Crippen LogP contribution in [-0.2, 0) is 16.1 Å². The molecule has 5 heteroatoms. The summed E-state index contributed by atoms with van der Waals surface area (Å²) in [5, 5.41) is 2.69. The van der Waals surface area contributed by atoms with Crippen LogP contribution in [0.25, 0.3) is 0 Å². The Morgan fingerprint density at radius 1 is 1.61 bits per heavy atom. The zero-order valence-corrected chi connectivity index (χ0v) is 11.9. The minimum atomic E-state index is -0.192. The van der Waals surface area contributed by atoms with E-state index in [1.807, 2.05) is 12.1 Å². The van der Waals surface area contributed by atoms with E-state index in [2.05, 4.69) is 38.3 Å². The maximum atomic E-state index is 11.8. The summed E-state index contributed by atoms with van der Waals surface area (Å²) >= 11 is 3.46. The Kier molecular flexibility index (Phi) is 4.74.